The molecule has 0 fully saturated rings. The van der Waals surface area contributed by atoms with Gasteiger partial charge < -0.3 is 47.5 Å². The summed E-state index contributed by atoms with van der Waals surface area (Å²) in [6, 6.07) is 0.616. The van der Waals surface area contributed by atoms with Gasteiger partial charge in [-0.15, -0.1) is 8.78 Å². The molecule has 0 amide bonds. The highest BCUT2D eigenvalue weighted by Gasteiger charge is 2.34. The Labute approximate surface area is 461 Å². The van der Waals surface area contributed by atoms with E-state index in [0.29, 0.717) is 62.7 Å². The van der Waals surface area contributed by atoms with Gasteiger partial charge in [0, 0.05) is 12.6 Å². The van der Waals surface area contributed by atoms with Crippen LogP contribution in [0, 0.1) is 11.8 Å². The quantitative estimate of drug-likeness (QED) is 0.0488. The van der Waals surface area contributed by atoms with Crippen LogP contribution in [0.2, 0.25) is 0 Å². The molecule has 0 N–H and O–H groups in total. The number of hydrogen-bond donors (Lipinski definition) is 0. The molecular weight excluding hydrogens is 949 g/mol. The van der Waals surface area contributed by atoms with Crippen molar-refractivity contribution in [1.29, 1.82) is 0 Å². The zero-order chi connectivity index (χ0) is 60.2. The molecule has 0 rings (SSSR count). The molecule has 0 aliphatic carbocycles. The molecule has 1 atom stereocenters. The first-order valence-electron chi connectivity index (χ1n) is 28.5. The fraction of sp³-hybridized carbons (Fsp3) is 1.00. The van der Waals surface area contributed by atoms with Crippen molar-refractivity contribution in [3.8, 4) is 0 Å². The predicted octanol–water partition coefficient (Wildman–Crippen LogP) is 16.8. The van der Waals surface area contributed by atoms with Gasteiger partial charge in [0.05, 0.1) is 98.7 Å². The molecule has 74 heavy (non-hydrogen) atoms. The summed E-state index contributed by atoms with van der Waals surface area (Å²) in [4.78, 5) is 2.28. The summed E-state index contributed by atoms with van der Waals surface area (Å²) >= 11 is 0. The average Bonchev–Trinajstić information content (AvgIpc) is 3.13. The van der Waals surface area contributed by atoms with Crippen molar-refractivity contribution in [2.45, 2.75) is 345 Å². The third-order valence-electron chi connectivity index (χ3n) is 8.54. The number of likely N-dealkylation sites (N-methyl/N-ethyl adjacent to an activating group) is 1. The van der Waals surface area contributed by atoms with E-state index in [1.54, 1.807) is 0 Å². The minimum absolute atomic E-state index is 0.0540. The van der Waals surface area contributed by atoms with Crippen LogP contribution in [0.15, 0.2) is 0 Å². The summed E-state index contributed by atoms with van der Waals surface area (Å²) in [5.74, 6) is 1.07. The number of rotatable bonds is 31. The van der Waals surface area contributed by atoms with E-state index in [1.807, 2.05) is 96.9 Å². The Bertz CT molecular complexity index is 1030. The van der Waals surface area contributed by atoms with Crippen LogP contribution in [0.3, 0.4) is 0 Å². The van der Waals surface area contributed by atoms with E-state index in [1.165, 1.54) is 34.1 Å². The SMILES string of the molecule is CC(C)CC(C)OC(C)C.CC(C)CCC(C)(C)OC(C)C.CC(C)OC(C)(C)OC(C)C.CC(C)OC(F)(F)OC(C)C.CC(C)OCCN(C)C(C)C.CC(C)OCCOC(C)C.CC(C)OCOC(C)C. The van der Waals surface area contributed by atoms with Crippen LogP contribution in [0.1, 0.15) is 248 Å². The van der Waals surface area contributed by atoms with E-state index in [9.17, 15) is 8.78 Å². The first-order chi connectivity index (χ1) is 33.3. The molecule has 0 bridgehead atoms. The first kappa shape index (κ1) is 87.2. The highest BCUT2D eigenvalue weighted by Crippen LogP contribution is 2.22. The van der Waals surface area contributed by atoms with Gasteiger partial charge in [-0.1, -0.05) is 27.7 Å². The molecule has 1 unspecified atom stereocenters. The lowest BCUT2D eigenvalue weighted by Gasteiger charge is -2.29. The Balaban J connectivity index is -0.000000142. The van der Waals surface area contributed by atoms with Gasteiger partial charge in [0.1, 0.15) is 6.79 Å². The second-order valence-electron chi connectivity index (χ2n) is 23.9. The first-order valence-corrected chi connectivity index (χ1v) is 28.5. The zero-order valence-electron chi connectivity index (χ0n) is 55.5. The Morgan fingerprint density at radius 3 is 0.959 bits per heavy atom. The van der Waals surface area contributed by atoms with Crippen molar-refractivity contribution < 1.29 is 60.9 Å². The smallest absolute Gasteiger partial charge is 0.377 e. The van der Waals surface area contributed by atoms with Crippen LogP contribution < -0.4 is 0 Å². The Kier molecular flexibility index (Phi) is 61.1. The van der Waals surface area contributed by atoms with Crippen molar-refractivity contribution in [3.63, 3.8) is 0 Å². The number of hydrogen-bond acceptors (Lipinski definition) is 12. The summed E-state index contributed by atoms with van der Waals surface area (Å²) < 4.78 is 82.0. The second-order valence-corrected chi connectivity index (χ2v) is 23.9. The van der Waals surface area contributed by atoms with Crippen LogP contribution in [0.4, 0.5) is 8.78 Å². The maximum Gasteiger partial charge on any atom is 0.485 e. The maximum atomic E-state index is 12.5. The van der Waals surface area contributed by atoms with Crippen LogP contribution >= 0.6 is 0 Å². The van der Waals surface area contributed by atoms with Gasteiger partial charge in [0.2, 0.25) is 0 Å². The molecule has 0 aromatic heterocycles. The van der Waals surface area contributed by atoms with Crippen molar-refractivity contribution in [1.82, 2.24) is 4.90 Å². The van der Waals surface area contributed by atoms with Gasteiger partial charge in [-0.2, -0.15) is 0 Å². The average molecular weight is 1080 g/mol. The molecule has 0 aliphatic heterocycles. The summed E-state index contributed by atoms with van der Waals surface area (Å²) in [6.45, 7) is 70.0. The molecule has 0 saturated carbocycles. The molecular formula is C60H133F2NO11. The highest BCUT2D eigenvalue weighted by atomic mass is 19.3. The Morgan fingerprint density at radius 1 is 0.378 bits per heavy atom. The van der Waals surface area contributed by atoms with E-state index in [2.05, 4.69) is 125 Å². The molecule has 0 saturated heterocycles. The second kappa shape index (κ2) is 51.8. The van der Waals surface area contributed by atoms with Gasteiger partial charge in [0.25, 0.3) is 0 Å². The van der Waals surface area contributed by atoms with Crippen molar-refractivity contribution in [3.05, 3.63) is 0 Å². The third-order valence-corrected chi connectivity index (χ3v) is 8.54. The minimum Gasteiger partial charge on any atom is -0.377 e. The lowest BCUT2D eigenvalue weighted by molar-refractivity contribution is -0.412. The predicted molar refractivity (Wildman–Crippen MR) is 312 cm³/mol. The molecule has 14 heteroatoms. The summed E-state index contributed by atoms with van der Waals surface area (Å²) in [7, 11) is 2.12. The van der Waals surface area contributed by atoms with Gasteiger partial charge >= 0.3 is 6.29 Å². The lowest BCUT2D eigenvalue weighted by atomic mass is 9.97. The van der Waals surface area contributed by atoms with Crippen molar-refractivity contribution in [2.75, 3.05) is 40.2 Å². The molecule has 0 aromatic rings. The topological polar surface area (TPSA) is 105 Å². The monoisotopic (exact) mass is 1080 g/mol. The minimum atomic E-state index is -3.46. The largest absolute Gasteiger partial charge is 0.485 e. The third kappa shape index (κ3) is 93.8. The van der Waals surface area contributed by atoms with Crippen LogP contribution in [-0.2, 0) is 52.1 Å². The number of halogens is 2. The van der Waals surface area contributed by atoms with Crippen LogP contribution in [0.5, 0.6) is 0 Å². The van der Waals surface area contributed by atoms with E-state index in [-0.39, 0.29) is 30.0 Å². The fourth-order valence-corrected chi connectivity index (χ4v) is 5.83. The van der Waals surface area contributed by atoms with E-state index in [4.69, 9.17) is 42.6 Å². The van der Waals surface area contributed by atoms with E-state index >= 15 is 0 Å². The van der Waals surface area contributed by atoms with Crippen molar-refractivity contribution >= 4 is 0 Å². The summed E-state index contributed by atoms with van der Waals surface area (Å²) in [6.07, 6.45) is 2.11. The molecule has 458 valence electrons. The summed E-state index contributed by atoms with van der Waals surface area (Å²) in [5.41, 5.74) is 0.0540. The van der Waals surface area contributed by atoms with Gasteiger partial charge in [0.15, 0.2) is 5.79 Å². The molecule has 0 aliphatic rings. The molecule has 0 aromatic carbocycles. The molecule has 12 nitrogen and oxygen atoms in total. The number of alkyl halides is 2. The van der Waals surface area contributed by atoms with Gasteiger partial charge in [-0.25, -0.2) is 0 Å². The molecule has 0 radical (unpaired) electrons. The van der Waals surface area contributed by atoms with Crippen LogP contribution in [-0.4, -0.2) is 142 Å². The normalized spacial score (nSPS) is 12.7. The van der Waals surface area contributed by atoms with E-state index in [0.717, 1.165) is 37.8 Å². The Hall–Kier alpha value is -0.620. The fourth-order valence-electron chi connectivity index (χ4n) is 5.83. The number of ether oxygens (including phenoxy) is 11. The van der Waals surface area contributed by atoms with Gasteiger partial charge in [-0.05, 0) is 239 Å². The molecule has 0 spiro atoms. The number of nitrogens with zero attached hydrogens (tertiary/aromatic N) is 1. The zero-order valence-corrected chi connectivity index (χ0v) is 55.5. The Morgan fingerprint density at radius 2 is 0.703 bits per heavy atom. The lowest BCUT2D eigenvalue weighted by Crippen LogP contribution is -2.33. The highest BCUT2D eigenvalue weighted by molar-refractivity contribution is 4.70. The molecule has 0 heterocycles. The standard InChI is InChI=1S/C11H24O.C9H21NO.C9H20O2.C9H20O.C8H18O2.C7H14F2O2.C7H16O2/c1-9(2)7-8-11(5,6)12-10(3)4;1-8(2)10(5)6-7-11-9(3)4;1-7(2)10-9(5,6)11-8(3)4;1-7(2)6-9(5)10-8(3)4;1-7(2)9-5-6-10-8(3)4;1-5(2)10-7(8,9)11-6(3)4;1-6(2)8-5-9-7(3)4/h9-10H,7-8H2,1-6H3;8-9H,6-7H2,1-5H3;7-8H,1-6H3;7-9H,6H2,1-5H3;7-8H,5-6H2,1-4H3;5-6H,1-4H3;6-7H,5H2,1-4H3. The van der Waals surface area contributed by atoms with Gasteiger partial charge in [-0.3, -0.25) is 9.47 Å². The van der Waals surface area contributed by atoms with E-state index < -0.39 is 24.3 Å². The van der Waals surface area contributed by atoms with Crippen LogP contribution in [0.25, 0.3) is 0 Å². The summed E-state index contributed by atoms with van der Waals surface area (Å²) in [5, 5.41) is 0. The van der Waals surface area contributed by atoms with Crippen molar-refractivity contribution in [2.24, 2.45) is 11.8 Å². The maximum absolute atomic E-state index is 12.5.